The quantitative estimate of drug-likeness (QED) is 0.322. The van der Waals surface area contributed by atoms with Crippen molar-refractivity contribution >= 4 is 5.97 Å². The predicted octanol–water partition coefficient (Wildman–Crippen LogP) is 5.22. The topological polar surface area (TPSA) is 65.0 Å². The number of rotatable bonds is 11. The molecule has 0 unspecified atom stereocenters. The molecule has 0 bridgehead atoms. The summed E-state index contributed by atoms with van der Waals surface area (Å²) < 4.78 is 17.5. The second-order valence-electron chi connectivity index (χ2n) is 8.22. The van der Waals surface area contributed by atoms with E-state index in [0.29, 0.717) is 18.8 Å². The van der Waals surface area contributed by atoms with Gasteiger partial charge in [-0.1, -0.05) is 105 Å². The second-order valence-corrected chi connectivity index (χ2v) is 8.22. The van der Waals surface area contributed by atoms with Gasteiger partial charge in [0.05, 0.1) is 13.2 Å². The Hall–Kier alpha value is -2.99. The van der Waals surface area contributed by atoms with E-state index in [-0.39, 0.29) is 0 Å². The maximum absolute atomic E-state index is 13.6. The zero-order valence-corrected chi connectivity index (χ0v) is 19.4. The number of hydrogen-bond acceptors (Lipinski definition) is 5. The lowest BCUT2D eigenvalue weighted by Crippen LogP contribution is -2.43. The maximum Gasteiger partial charge on any atom is 0.343 e. The van der Waals surface area contributed by atoms with Crippen molar-refractivity contribution in [3.05, 3.63) is 108 Å². The van der Waals surface area contributed by atoms with Gasteiger partial charge in [0, 0.05) is 7.11 Å². The van der Waals surface area contributed by atoms with Crippen molar-refractivity contribution < 1.29 is 24.1 Å². The van der Waals surface area contributed by atoms with Crippen LogP contribution in [0.2, 0.25) is 0 Å². The zero-order valence-electron chi connectivity index (χ0n) is 19.4. The molecule has 0 radical (unpaired) electrons. The zero-order chi connectivity index (χ0) is 23.7. The summed E-state index contributed by atoms with van der Waals surface area (Å²) in [6, 6.07) is 28.0. The Bertz CT molecular complexity index is 975. The van der Waals surface area contributed by atoms with Crippen molar-refractivity contribution in [2.45, 2.75) is 31.7 Å². The fourth-order valence-corrected chi connectivity index (χ4v) is 3.79. The summed E-state index contributed by atoms with van der Waals surface area (Å²) in [6.45, 7) is 4.33. The van der Waals surface area contributed by atoms with Crippen LogP contribution < -0.4 is 0 Å². The number of methoxy groups -OCH3 is 1. The minimum absolute atomic E-state index is 0.323. The van der Waals surface area contributed by atoms with E-state index in [1.807, 2.05) is 66.7 Å². The van der Waals surface area contributed by atoms with Crippen molar-refractivity contribution in [1.29, 1.82) is 0 Å². The van der Waals surface area contributed by atoms with Crippen LogP contribution in [0.15, 0.2) is 91.0 Å². The first-order valence-corrected chi connectivity index (χ1v) is 11.2. The minimum Gasteiger partial charge on any atom is -0.452 e. The third-order valence-electron chi connectivity index (χ3n) is 5.71. The lowest BCUT2D eigenvalue weighted by atomic mass is 9.83. The molecule has 0 saturated heterocycles. The predicted molar refractivity (Wildman–Crippen MR) is 127 cm³/mol. The van der Waals surface area contributed by atoms with Crippen molar-refractivity contribution in [3.8, 4) is 0 Å². The normalized spacial score (nSPS) is 14.9. The number of carbonyl (C=O) groups is 1. The van der Waals surface area contributed by atoms with Crippen LogP contribution in [0, 0.1) is 5.92 Å². The molecule has 3 atom stereocenters. The van der Waals surface area contributed by atoms with Crippen molar-refractivity contribution in [2.75, 3.05) is 20.3 Å². The molecule has 0 aliphatic rings. The molecule has 0 aromatic heterocycles. The lowest BCUT2D eigenvalue weighted by Gasteiger charge is -2.34. The molecule has 174 valence electrons. The molecule has 3 aromatic rings. The van der Waals surface area contributed by atoms with Gasteiger partial charge in [0.25, 0.3) is 0 Å². The number of hydrogen-bond donors (Lipinski definition) is 1. The van der Waals surface area contributed by atoms with Crippen LogP contribution in [0.1, 0.15) is 42.7 Å². The third kappa shape index (κ3) is 5.88. The van der Waals surface area contributed by atoms with Gasteiger partial charge in [0.2, 0.25) is 0 Å². The Labute approximate surface area is 195 Å². The SMILES string of the molecule is COCCO[C@@H](c1ccccc1)[C@H](OC(=O)[C@@](O)(c1ccccc1)C(C)C)c1ccccc1. The van der Waals surface area contributed by atoms with Crippen molar-refractivity contribution in [2.24, 2.45) is 5.92 Å². The first kappa shape index (κ1) is 24.6. The molecule has 5 heteroatoms. The van der Waals surface area contributed by atoms with Crippen LogP contribution in [0.3, 0.4) is 0 Å². The van der Waals surface area contributed by atoms with Gasteiger partial charge in [0.1, 0.15) is 6.10 Å². The van der Waals surface area contributed by atoms with E-state index >= 15 is 0 Å². The first-order chi connectivity index (χ1) is 16.0. The van der Waals surface area contributed by atoms with Gasteiger partial charge in [0.15, 0.2) is 11.7 Å². The average molecular weight is 449 g/mol. The Morgan fingerprint density at radius 1 is 0.788 bits per heavy atom. The average Bonchev–Trinajstić information content (AvgIpc) is 2.86. The first-order valence-electron chi connectivity index (χ1n) is 11.2. The highest BCUT2D eigenvalue weighted by Crippen LogP contribution is 2.39. The van der Waals surface area contributed by atoms with Crippen LogP contribution in [0.5, 0.6) is 0 Å². The van der Waals surface area contributed by atoms with Gasteiger partial charge >= 0.3 is 5.97 Å². The summed E-state index contributed by atoms with van der Waals surface area (Å²) in [5.41, 5.74) is 0.329. The third-order valence-corrected chi connectivity index (χ3v) is 5.71. The molecule has 0 spiro atoms. The molecule has 0 aliphatic heterocycles. The summed E-state index contributed by atoms with van der Waals surface area (Å²) in [6.07, 6.45) is -1.35. The lowest BCUT2D eigenvalue weighted by molar-refractivity contribution is -0.187. The molecule has 0 heterocycles. The number of aliphatic hydroxyl groups is 1. The summed E-state index contributed by atoms with van der Waals surface area (Å²) in [7, 11) is 1.61. The number of ether oxygens (including phenoxy) is 3. The Kier molecular flexibility index (Phi) is 8.78. The summed E-state index contributed by atoms with van der Waals surface area (Å²) >= 11 is 0. The smallest absolute Gasteiger partial charge is 0.343 e. The molecule has 1 N–H and O–H groups in total. The molecule has 5 nitrogen and oxygen atoms in total. The van der Waals surface area contributed by atoms with Gasteiger partial charge in [-0.2, -0.15) is 0 Å². The van der Waals surface area contributed by atoms with Gasteiger partial charge in [-0.25, -0.2) is 4.79 Å². The largest absolute Gasteiger partial charge is 0.452 e. The fraction of sp³-hybridized carbons (Fsp3) is 0.321. The van der Waals surface area contributed by atoms with Crippen molar-refractivity contribution in [1.82, 2.24) is 0 Å². The van der Waals surface area contributed by atoms with E-state index in [9.17, 15) is 9.90 Å². The summed E-state index contributed by atoms with van der Waals surface area (Å²) in [5, 5.41) is 11.6. The van der Waals surface area contributed by atoms with Crippen LogP contribution in [-0.2, 0) is 24.6 Å². The molecule has 0 fully saturated rings. The standard InChI is InChI=1S/C28H32O5/c1-21(2)28(30,24-17-11-6-12-18-24)27(29)33-26(23-15-9-5-10-16-23)25(32-20-19-31-3)22-13-7-4-8-14-22/h4-18,21,25-26,30H,19-20H2,1-3H3/t25-,26+,28-/m0/s1. The highest BCUT2D eigenvalue weighted by molar-refractivity contribution is 5.81. The van der Waals surface area contributed by atoms with Gasteiger partial charge < -0.3 is 19.3 Å². The molecule has 0 amide bonds. The van der Waals surface area contributed by atoms with Crippen LogP contribution in [0.25, 0.3) is 0 Å². The summed E-state index contributed by atoms with van der Waals surface area (Å²) in [4.78, 5) is 13.6. The van der Waals surface area contributed by atoms with Crippen LogP contribution in [0.4, 0.5) is 0 Å². The molecule has 33 heavy (non-hydrogen) atoms. The minimum atomic E-state index is -1.80. The van der Waals surface area contributed by atoms with E-state index in [0.717, 1.165) is 11.1 Å². The van der Waals surface area contributed by atoms with Crippen LogP contribution >= 0.6 is 0 Å². The van der Waals surface area contributed by atoms with E-state index < -0.39 is 29.7 Å². The number of esters is 1. The number of benzene rings is 3. The highest BCUT2D eigenvalue weighted by Gasteiger charge is 2.45. The van der Waals surface area contributed by atoms with E-state index in [4.69, 9.17) is 14.2 Å². The molecule has 0 saturated carbocycles. The molecule has 3 aromatic carbocycles. The fourth-order valence-electron chi connectivity index (χ4n) is 3.79. The van der Waals surface area contributed by atoms with Crippen LogP contribution in [-0.4, -0.2) is 31.4 Å². The molecule has 3 rings (SSSR count). The van der Waals surface area contributed by atoms with Crippen molar-refractivity contribution in [3.63, 3.8) is 0 Å². The Morgan fingerprint density at radius 3 is 1.76 bits per heavy atom. The maximum atomic E-state index is 13.6. The van der Waals surface area contributed by atoms with E-state index in [1.54, 1.807) is 45.2 Å². The van der Waals surface area contributed by atoms with Gasteiger partial charge in [-0.05, 0) is 22.6 Å². The van der Waals surface area contributed by atoms with Gasteiger partial charge in [-0.3, -0.25) is 0 Å². The van der Waals surface area contributed by atoms with Gasteiger partial charge in [-0.15, -0.1) is 0 Å². The molecule has 0 aliphatic carbocycles. The van der Waals surface area contributed by atoms with E-state index in [1.165, 1.54) is 0 Å². The second kappa shape index (κ2) is 11.8. The highest BCUT2D eigenvalue weighted by atomic mass is 16.6. The Morgan fingerprint density at radius 2 is 1.27 bits per heavy atom. The molecular formula is C28H32O5. The Balaban J connectivity index is 2.02. The van der Waals surface area contributed by atoms with E-state index in [2.05, 4.69) is 0 Å². The number of carbonyl (C=O) groups excluding carboxylic acids is 1. The molecular weight excluding hydrogens is 416 g/mol. The monoisotopic (exact) mass is 448 g/mol. The summed E-state index contributed by atoms with van der Waals surface area (Å²) in [5.74, 6) is -1.12.